The molecule has 1 atom stereocenters. The number of aromatic nitrogens is 1. The van der Waals surface area contributed by atoms with Crippen LogP contribution >= 0.6 is 28.3 Å². The fraction of sp³-hybridized carbons (Fsp3) is 0.111. The van der Waals surface area contributed by atoms with Crippen LogP contribution < -0.4 is 4.70 Å². The molecule has 0 radical (unpaired) electrons. The quantitative estimate of drug-likeness (QED) is 0.402. The largest absolute Gasteiger partial charge is 0.381 e. The van der Waals surface area contributed by atoms with Crippen LogP contribution in [0.25, 0.3) is 0 Å². The van der Waals surface area contributed by atoms with Crippen molar-refractivity contribution in [1.82, 2.24) is 9.69 Å². The van der Waals surface area contributed by atoms with E-state index < -0.39 is 0 Å². The zero-order valence-electron chi connectivity index (χ0n) is 13.9. The van der Waals surface area contributed by atoms with E-state index in [4.69, 9.17) is 10.1 Å². The maximum Gasteiger partial charge on any atom is 0.381 e. The van der Waals surface area contributed by atoms with Crippen molar-refractivity contribution in [3.05, 3.63) is 71.2 Å². The van der Waals surface area contributed by atoms with Gasteiger partial charge in [-0.3, -0.25) is 0 Å². The highest BCUT2D eigenvalue weighted by molar-refractivity contribution is 8.93. The molecule has 1 aliphatic heterocycles. The minimum atomic E-state index is 0. The normalized spacial score (nSPS) is 18.7. The molecule has 1 aliphatic rings. The predicted molar refractivity (Wildman–Crippen MR) is 107 cm³/mol. The molecule has 0 aliphatic carbocycles. The van der Waals surface area contributed by atoms with Crippen molar-refractivity contribution in [2.75, 3.05) is 0 Å². The van der Waals surface area contributed by atoms with Gasteiger partial charge in [-0.1, -0.05) is 47.7 Å². The maximum absolute atomic E-state index is 4.79. The average molecular weight is 416 g/mol. The number of hydrogen-bond donors (Lipinski definition) is 0. The molecule has 4 rings (SSSR count). The van der Waals surface area contributed by atoms with Gasteiger partial charge in [0.1, 0.15) is 9.51 Å². The van der Waals surface area contributed by atoms with Gasteiger partial charge in [0, 0.05) is 34.2 Å². The highest BCUT2D eigenvalue weighted by Crippen LogP contribution is 2.43. The first-order valence-electron chi connectivity index (χ1n) is 7.71. The first-order valence-corrected chi connectivity index (χ1v) is 8.53. The van der Waals surface area contributed by atoms with E-state index >= 15 is 0 Å². The van der Waals surface area contributed by atoms with Crippen molar-refractivity contribution >= 4 is 51.2 Å². The fourth-order valence-electron chi connectivity index (χ4n) is 2.71. The molecule has 0 N–H and O–H groups in total. The van der Waals surface area contributed by atoms with Crippen LogP contribution in [0.1, 0.15) is 10.6 Å². The zero-order chi connectivity index (χ0) is 16.6. The molecule has 0 saturated carbocycles. The van der Waals surface area contributed by atoms with Crippen LogP contribution in [0.4, 0.5) is 16.5 Å². The van der Waals surface area contributed by atoms with Crippen molar-refractivity contribution in [1.29, 1.82) is 0 Å². The Morgan fingerprint density at radius 3 is 2.16 bits per heavy atom. The van der Waals surface area contributed by atoms with E-state index in [1.54, 1.807) is 17.7 Å². The van der Waals surface area contributed by atoms with E-state index in [-0.39, 0.29) is 21.7 Å². The van der Waals surface area contributed by atoms with Gasteiger partial charge in [0.2, 0.25) is 5.69 Å². The Morgan fingerprint density at radius 1 is 0.920 bits per heavy atom. The first kappa shape index (κ1) is 17.6. The van der Waals surface area contributed by atoms with Crippen molar-refractivity contribution < 1.29 is 4.81 Å². The topological polar surface area (TPSA) is 40.6 Å². The van der Waals surface area contributed by atoms with E-state index in [0.29, 0.717) is 0 Å². The number of benzene rings is 2. The van der Waals surface area contributed by atoms with Crippen LogP contribution in [0.5, 0.6) is 0 Å². The highest BCUT2D eigenvalue weighted by atomic mass is 79.9. The number of quaternary nitrogens is 1. The van der Waals surface area contributed by atoms with E-state index in [1.165, 1.54) is 4.88 Å². The molecule has 0 fully saturated rings. The number of rotatable bonds is 3. The smallest absolute Gasteiger partial charge is 0.183 e. The summed E-state index contributed by atoms with van der Waals surface area (Å²) in [5.74, 6) is 0. The van der Waals surface area contributed by atoms with Crippen LogP contribution in [-0.4, -0.2) is 16.1 Å². The molecule has 126 valence electrons. The van der Waals surface area contributed by atoms with Crippen LogP contribution in [0.3, 0.4) is 0 Å². The Morgan fingerprint density at radius 2 is 1.56 bits per heavy atom. The highest BCUT2D eigenvalue weighted by Gasteiger charge is 2.55. The molecule has 0 bridgehead atoms. The third-order valence-corrected chi connectivity index (χ3v) is 5.17. The number of azo groups is 1. The summed E-state index contributed by atoms with van der Waals surface area (Å²) in [5.41, 5.74) is 2.98. The molecular weight excluding hydrogens is 398 g/mol. The Hall–Kier alpha value is -2.22. The second-order valence-corrected chi connectivity index (χ2v) is 6.73. The molecule has 5 nitrogen and oxygen atoms in total. The lowest BCUT2D eigenvalue weighted by Gasteiger charge is -2.17. The number of hydrogen-bond acceptors (Lipinski definition) is 4. The van der Waals surface area contributed by atoms with Crippen molar-refractivity contribution in [3.8, 4) is 0 Å². The summed E-state index contributed by atoms with van der Waals surface area (Å²) in [6.45, 7) is 4.11. The van der Waals surface area contributed by atoms with E-state index in [1.807, 2.05) is 60.3 Å². The Bertz CT molecular complexity index is 917. The zero-order valence-corrected chi connectivity index (χ0v) is 16.4. The summed E-state index contributed by atoms with van der Waals surface area (Å²) in [6.07, 6.45) is 1.60. The average Bonchev–Trinajstić information content (AvgIpc) is 3.21. The first-order chi connectivity index (χ1) is 11.7. The molecule has 2 aromatic carbocycles. The Kier molecular flexibility index (Phi) is 4.89. The molecule has 0 spiro atoms. The predicted octanol–water partition coefficient (Wildman–Crippen LogP) is 5.65. The summed E-state index contributed by atoms with van der Waals surface area (Å²) in [6, 6.07) is 20.2. The minimum Gasteiger partial charge on any atom is -0.183 e. The van der Waals surface area contributed by atoms with Gasteiger partial charge in [-0.15, -0.1) is 17.0 Å². The molecule has 3 aromatic rings. The number of para-hydroxylation sites is 2. The minimum absolute atomic E-state index is 0. The second-order valence-electron chi connectivity index (χ2n) is 5.55. The number of nitrogens with zero attached hydrogens (tertiary/aromatic N) is 5. The number of thiazole rings is 1. The summed E-state index contributed by atoms with van der Waals surface area (Å²) in [7, 11) is 0. The van der Waals surface area contributed by atoms with Gasteiger partial charge in [0.25, 0.3) is 6.34 Å². The van der Waals surface area contributed by atoms with Crippen molar-refractivity contribution in [2.24, 2.45) is 10.2 Å². The van der Waals surface area contributed by atoms with Crippen LogP contribution in [0.2, 0.25) is 0 Å². The van der Waals surface area contributed by atoms with Crippen molar-refractivity contribution in [2.45, 2.75) is 13.8 Å². The van der Waals surface area contributed by atoms with Gasteiger partial charge in [-0.25, -0.2) is 0 Å². The lowest BCUT2D eigenvalue weighted by atomic mass is 10.3. The Balaban J connectivity index is 0.00000182. The summed E-state index contributed by atoms with van der Waals surface area (Å²) in [5, 5.41) is 10.1. The SMILES string of the molecule is Br.Cc1nc([N+]2(c3ccccc3)N=CN=[N+]2c2ccccc2)sc1C. The maximum atomic E-state index is 4.79. The number of halogens is 1. The molecule has 25 heavy (non-hydrogen) atoms. The van der Waals surface area contributed by atoms with E-state index in [2.05, 4.69) is 24.2 Å². The molecule has 1 aromatic heterocycles. The van der Waals surface area contributed by atoms with Crippen LogP contribution in [0, 0.1) is 13.8 Å². The third-order valence-electron chi connectivity index (χ3n) is 4.04. The molecule has 0 amide bonds. The van der Waals surface area contributed by atoms with Crippen LogP contribution in [0.15, 0.2) is 70.9 Å². The van der Waals surface area contributed by atoms with Gasteiger partial charge in [-0.2, -0.15) is 4.98 Å². The van der Waals surface area contributed by atoms with Gasteiger partial charge < -0.3 is 0 Å². The van der Waals surface area contributed by atoms with Crippen molar-refractivity contribution in [3.63, 3.8) is 0 Å². The summed E-state index contributed by atoms with van der Waals surface area (Å²) < 4.78 is 0.101. The second kappa shape index (κ2) is 6.95. The molecule has 1 unspecified atom stereocenters. The molecule has 0 saturated heterocycles. The lowest BCUT2D eigenvalue weighted by molar-refractivity contribution is -0.637. The molecule has 7 heteroatoms. The molecule has 2 heterocycles. The van der Waals surface area contributed by atoms with E-state index in [0.717, 1.165) is 22.2 Å². The standard InChI is InChI=1S/C18H17N5S.BrH/c1-14-15(2)24-18(21-14)23(17-11-7-4-8-12-17)20-13-19-22(23)16-9-5-3-6-10-16;/h3-13H,1-2H3;1H/q+2;. The Labute approximate surface area is 160 Å². The number of aryl methyl sites for hydroxylation is 2. The summed E-state index contributed by atoms with van der Waals surface area (Å²) >= 11 is 1.65. The monoisotopic (exact) mass is 415 g/mol. The summed E-state index contributed by atoms with van der Waals surface area (Å²) in [4.78, 5) is 7.88. The van der Waals surface area contributed by atoms with E-state index in [9.17, 15) is 0 Å². The molecular formula is C18H18BrN5S+2. The van der Waals surface area contributed by atoms with Crippen LogP contribution in [-0.2, 0) is 0 Å². The van der Waals surface area contributed by atoms with Gasteiger partial charge in [0.05, 0.1) is 10.8 Å². The lowest BCUT2D eigenvalue weighted by Crippen LogP contribution is -2.42. The van der Waals surface area contributed by atoms with Gasteiger partial charge >= 0.3 is 10.8 Å². The third kappa shape index (κ3) is 2.84. The fourth-order valence-corrected chi connectivity index (χ4v) is 3.71. The van der Waals surface area contributed by atoms with Gasteiger partial charge in [0.15, 0.2) is 0 Å². The van der Waals surface area contributed by atoms with Gasteiger partial charge in [-0.05, 0) is 13.8 Å².